The standard InChI is InChI=1S/C10H20N2O2/c1-8-3-6-12(7-4-8)9(2-5-11)10(13)14/h8-9H,2-7,11H2,1H3,(H,13,14). The number of carboxylic acid groups (broad SMARTS) is 1. The van der Waals surface area contributed by atoms with E-state index >= 15 is 0 Å². The van der Waals surface area contributed by atoms with Crippen molar-refractivity contribution in [2.24, 2.45) is 11.7 Å². The fraction of sp³-hybridized carbons (Fsp3) is 0.900. The van der Waals surface area contributed by atoms with E-state index in [0.29, 0.717) is 13.0 Å². The molecule has 14 heavy (non-hydrogen) atoms. The van der Waals surface area contributed by atoms with Crippen molar-refractivity contribution in [3.63, 3.8) is 0 Å². The van der Waals surface area contributed by atoms with Crippen LogP contribution in [0.1, 0.15) is 26.2 Å². The maximum absolute atomic E-state index is 11.0. The Labute approximate surface area is 85.1 Å². The van der Waals surface area contributed by atoms with Crippen LogP contribution >= 0.6 is 0 Å². The molecule has 1 rings (SSSR count). The van der Waals surface area contributed by atoms with Crippen molar-refractivity contribution in [3.05, 3.63) is 0 Å². The van der Waals surface area contributed by atoms with Gasteiger partial charge in [0, 0.05) is 0 Å². The van der Waals surface area contributed by atoms with Gasteiger partial charge >= 0.3 is 5.97 Å². The lowest BCUT2D eigenvalue weighted by molar-refractivity contribution is -0.144. The quantitative estimate of drug-likeness (QED) is 0.694. The topological polar surface area (TPSA) is 66.6 Å². The van der Waals surface area contributed by atoms with E-state index in [1.54, 1.807) is 0 Å². The highest BCUT2D eigenvalue weighted by molar-refractivity contribution is 5.73. The van der Waals surface area contributed by atoms with Crippen LogP contribution in [0.2, 0.25) is 0 Å². The Morgan fingerprint density at radius 2 is 2.14 bits per heavy atom. The number of rotatable bonds is 4. The Morgan fingerprint density at radius 1 is 1.57 bits per heavy atom. The molecule has 4 nitrogen and oxygen atoms in total. The second kappa shape index (κ2) is 5.32. The SMILES string of the molecule is CC1CCN(C(CCN)C(=O)O)CC1. The summed E-state index contributed by atoms with van der Waals surface area (Å²) in [6.07, 6.45) is 2.77. The second-order valence-electron chi connectivity index (χ2n) is 4.15. The van der Waals surface area contributed by atoms with Gasteiger partial charge < -0.3 is 10.8 Å². The maximum atomic E-state index is 11.0. The highest BCUT2D eigenvalue weighted by Gasteiger charge is 2.27. The van der Waals surface area contributed by atoms with Gasteiger partial charge in [0.15, 0.2) is 0 Å². The molecule has 0 aliphatic carbocycles. The zero-order valence-corrected chi connectivity index (χ0v) is 8.78. The van der Waals surface area contributed by atoms with Gasteiger partial charge in [-0.1, -0.05) is 6.92 Å². The molecule has 0 amide bonds. The largest absolute Gasteiger partial charge is 0.480 e. The summed E-state index contributed by atoms with van der Waals surface area (Å²) in [5.74, 6) is 0.00331. The average molecular weight is 200 g/mol. The number of carbonyl (C=O) groups is 1. The third-order valence-electron chi connectivity index (χ3n) is 2.98. The smallest absolute Gasteiger partial charge is 0.320 e. The molecule has 0 aromatic rings. The minimum atomic E-state index is -0.731. The van der Waals surface area contributed by atoms with Crippen molar-refractivity contribution < 1.29 is 9.90 Å². The van der Waals surface area contributed by atoms with Gasteiger partial charge in [0.05, 0.1) is 0 Å². The predicted molar refractivity (Wildman–Crippen MR) is 55.1 cm³/mol. The molecule has 0 aromatic heterocycles. The number of piperidine rings is 1. The van der Waals surface area contributed by atoms with Crippen molar-refractivity contribution in [1.82, 2.24) is 4.90 Å². The van der Waals surface area contributed by atoms with Gasteiger partial charge in [-0.2, -0.15) is 0 Å². The van der Waals surface area contributed by atoms with E-state index < -0.39 is 5.97 Å². The Hall–Kier alpha value is -0.610. The van der Waals surface area contributed by atoms with E-state index in [0.717, 1.165) is 31.8 Å². The van der Waals surface area contributed by atoms with Crippen LogP contribution in [0.15, 0.2) is 0 Å². The molecule has 4 heteroatoms. The summed E-state index contributed by atoms with van der Waals surface area (Å²) >= 11 is 0. The fourth-order valence-corrected chi connectivity index (χ4v) is 1.96. The van der Waals surface area contributed by atoms with Gasteiger partial charge in [-0.15, -0.1) is 0 Å². The molecule has 0 saturated carbocycles. The van der Waals surface area contributed by atoms with Crippen LogP contribution in [-0.4, -0.2) is 41.7 Å². The van der Waals surface area contributed by atoms with Crippen molar-refractivity contribution in [3.8, 4) is 0 Å². The van der Waals surface area contributed by atoms with Crippen LogP contribution in [0.25, 0.3) is 0 Å². The highest BCUT2D eigenvalue weighted by Crippen LogP contribution is 2.19. The number of nitrogens with two attached hydrogens (primary N) is 1. The van der Waals surface area contributed by atoms with Gasteiger partial charge in [-0.3, -0.25) is 9.69 Å². The highest BCUT2D eigenvalue weighted by atomic mass is 16.4. The van der Waals surface area contributed by atoms with Crippen LogP contribution in [-0.2, 0) is 4.79 Å². The van der Waals surface area contributed by atoms with Crippen molar-refractivity contribution >= 4 is 5.97 Å². The predicted octanol–water partition coefficient (Wildman–Crippen LogP) is 0.520. The lowest BCUT2D eigenvalue weighted by Gasteiger charge is -2.34. The Balaban J connectivity index is 2.47. The number of carboxylic acids is 1. The van der Waals surface area contributed by atoms with E-state index in [9.17, 15) is 4.79 Å². The first-order chi connectivity index (χ1) is 6.65. The third-order valence-corrected chi connectivity index (χ3v) is 2.98. The number of aliphatic carboxylic acids is 1. The lowest BCUT2D eigenvalue weighted by Crippen LogP contribution is -2.46. The van der Waals surface area contributed by atoms with Gasteiger partial charge in [-0.25, -0.2) is 0 Å². The average Bonchev–Trinajstić information content (AvgIpc) is 2.15. The maximum Gasteiger partial charge on any atom is 0.320 e. The molecule has 82 valence electrons. The Kier molecular flexibility index (Phi) is 4.35. The van der Waals surface area contributed by atoms with Crippen LogP contribution in [0.3, 0.4) is 0 Å². The minimum absolute atomic E-state index is 0.368. The molecule has 0 aromatic carbocycles. The van der Waals surface area contributed by atoms with Crippen LogP contribution in [0.5, 0.6) is 0 Å². The fourth-order valence-electron chi connectivity index (χ4n) is 1.96. The van der Waals surface area contributed by atoms with E-state index in [-0.39, 0.29) is 6.04 Å². The first-order valence-electron chi connectivity index (χ1n) is 5.32. The third kappa shape index (κ3) is 2.96. The summed E-state index contributed by atoms with van der Waals surface area (Å²) < 4.78 is 0. The zero-order valence-electron chi connectivity index (χ0n) is 8.78. The molecule has 1 atom stereocenters. The Morgan fingerprint density at radius 3 is 2.57 bits per heavy atom. The number of nitrogens with zero attached hydrogens (tertiary/aromatic N) is 1. The van der Waals surface area contributed by atoms with Gasteiger partial charge in [-0.05, 0) is 44.8 Å². The van der Waals surface area contributed by atoms with Crippen molar-refractivity contribution in [2.75, 3.05) is 19.6 Å². The first-order valence-corrected chi connectivity index (χ1v) is 5.32. The summed E-state index contributed by atoms with van der Waals surface area (Å²) in [4.78, 5) is 13.0. The molecule has 1 aliphatic rings. The van der Waals surface area contributed by atoms with Gasteiger partial charge in [0.1, 0.15) is 6.04 Å². The molecular formula is C10H20N2O2. The summed E-state index contributed by atoms with van der Waals surface area (Å²) in [7, 11) is 0. The molecule has 1 fully saturated rings. The number of hydrogen-bond donors (Lipinski definition) is 2. The molecular weight excluding hydrogens is 180 g/mol. The molecule has 0 spiro atoms. The monoisotopic (exact) mass is 200 g/mol. The summed E-state index contributed by atoms with van der Waals surface area (Å²) in [6.45, 7) is 4.47. The summed E-state index contributed by atoms with van der Waals surface area (Å²) in [6, 6.07) is -0.368. The van der Waals surface area contributed by atoms with Crippen LogP contribution in [0.4, 0.5) is 0 Å². The van der Waals surface area contributed by atoms with E-state index in [1.807, 2.05) is 0 Å². The summed E-state index contributed by atoms with van der Waals surface area (Å²) in [5, 5.41) is 9.03. The molecule has 1 aliphatic heterocycles. The lowest BCUT2D eigenvalue weighted by atomic mass is 9.97. The van der Waals surface area contributed by atoms with Gasteiger partial charge in [0.2, 0.25) is 0 Å². The molecule has 1 heterocycles. The molecule has 1 saturated heterocycles. The number of hydrogen-bond acceptors (Lipinski definition) is 3. The van der Waals surface area contributed by atoms with E-state index in [1.165, 1.54) is 0 Å². The first kappa shape index (κ1) is 11.5. The summed E-state index contributed by atoms with van der Waals surface area (Å²) in [5.41, 5.74) is 5.41. The van der Waals surface area contributed by atoms with Crippen LogP contribution < -0.4 is 5.73 Å². The van der Waals surface area contributed by atoms with Crippen molar-refractivity contribution in [2.45, 2.75) is 32.2 Å². The Bertz CT molecular complexity index is 189. The zero-order chi connectivity index (χ0) is 10.6. The van der Waals surface area contributed by atoms with E-state index in [4.69, 9.17) is 10.8 Å². The second-order valence-corrected chi connectivity index (χ2v) is 4.15. The normalized spacial score (nSPS) is 22.1. The van der Waals surface area contributed by atoms with E-state index in [2.05, 4.69) is 11.8 Å². The molecule has 3 N–H and O–H groups in total. The minimum Gasteiger partial charge on any atom is -0.480 e. The van der Waals surface area contributed by atoms with Gasteiger partial charge in [0.25, 0.3) is 0 Å². The molecule has 1 unspecified atom stereocenters. The number of likely N-dealkylation sites (tertiary alicyclic amines) is 1. The van der Waals surface area contributed by atoms with Crippen LogP contribution in [0, 0.1) is 5.92 Å². The molecule has 0 bridgehead atoms. The van der Waals surface area contributed by atoms with Crippen molar-refractivity contribution in [1.29, 1.82) is 0 Å². The molecule has 0 radical (unpaired) electrons.